The van der Waals surface area contributed by atoms with Gasteiger partial charge in [-0.2, -0.15) is 5.26 Å². The van der Waals surface area contributed by atoms with Gasteiger partial charge in [0.2, 0.25) is 0 Å². The highest BCUT2D eigenvalue weighted by atomic mass is 14.7. The van der Waals surface area contributed by atoms with E-state index in [1.54, 1.807) is 0 Å². The van der Waals surface area contributed by atoms with E-state index < -0.39 is 0 Å². The SMILES string of the molecule is N#Cc1cc(CCN)c[nH]1. The fraction of sp³-hybridized carbons (Fsp3) is 0.286. The molecule has 0 spiro atoms. The zero-order chi connectivity index (χ0) is 7.40. The van der Waals surface area contributed by atoms with Crippen molar-refractivity contribution < 1.29 is 0 Å². The molecule has 1 aromatic heterocycles. The van der Waals surface area contributed by atoms with E-state index in [0.717, 1.165) is 12.0 Å². The van der Waals surface area contributed by atoms with Crippen molar-refractivity contribution in [2.75, 3.05) is 6.54 Å². The third-order valence-electron chi connectivity index (χ3n) is 1.30. The highest BCUT2D eigenvalue weighted by Gasteiger charge is 1.94. The zero-order valence-electron chi connectivity index (χ0n) is 5.59. The van der Waals surface area contributed by atoms with Crippen molar-refractivity contribution in [1.82, 2.24) is 4.98 Å². The van der Waals surface area contributed by atoms with Crippen LogP contribution in [-0.2, 0) is 6.42 Å². The maximum atomic E-state index is 8.41. The van der Waals surface area contributed by atoms with Crippen molar-refractivity contribution in [1.29, 1.82) is 5.26 Å². The quantitative estimate of drug-likeness (QED) is 0.616. The van der Waals surface area contributed by atoms with Gasteiger partial charge < -0.3 is 10.7 Å². The lowest BCUT2D eigenvalue weighted by atomic mass is 10.2. The topological polar surface area (TPSA) is 65.6 Å². The van der Waals surface area contributed by atoms with E-state index >= 15 is 0 Å². The summed E-state index contributed by atoms with van der Waals surface area (Å²) in [5, 5.41) is 8.41. The smallest absolute Gasteiger partial charge is 0.117 e. The molecule has 0 aliphatic rings. The number of nitrogens with one attached hydrogen (secondary N) is 1. The zero-order valence-corrected chi connectivity index (χ0v) is 5.59. The molecule has 0 aliphatic carbocycles. The molecule has 3 N–H and O–H groups in total. The molecule has 0 radical (unpaired) electrons. The van der Waals surface area contributed by atoms with Crippen LogP contribution in [0.25, 0.3) is 0 Å². The van der Waals surface area contributed by atoms with Gasteiger partial charge in [0.1, 0.15) is 11.8 Å². The lowest BCUT2D eigenvalue weighted by Gasteiger charge is -1.86. The van der Waals surface area contributed by atoms with Gasteiger partial charge in [-0.05, 0) is 24.6 Å². The molecule has 1 rings (SSSR count). The van der Waals surface area contributed by atoms with E-state index in [9.17, 15) is 0 Å². The summed E-state index contributed by atoms with van der Waals surface area (Å²) in [6, 6.07) is 3.82. The molecule has 0 amide bonds. The van der Waals surface area contributed by atoms with Crippen LogP contribution in [0, 0.1) is 11.3 Å². The molecule has 0 unspecified atom stereocenters. The van der Waals surface area contributed by atoms with Gasteiger partial charge in [-0.25, -0.2) is 0 Å². The molecular weight excluding hydrogens is 126 g/mol. The largest absolute Gasteiger partial charge is 0.353 e. The number of aromatic amines is 1. The first-order valence-electron chi connectivity index (χ1n) is 3.14. The van der Waals surface area contributed by atoms with Crippen molar-refractivity contribution in [2.45, 2.75) is 6.42 Å². The van der Waals surface area contributed by atoms with Gasteiger partial charge >= 0.3 is 0 Å². The minimum Gasteiger partial charge on any atom is -0.353 e. The van der Waals surface area contributed by atoms with E-state index in [1.165, 1.54) is 0 Å². The second-order valence-corrected chi connectivity index (χ2v) is 2.07. The number of hydrogen-bond acceptors (Lipinski definition) is 2. The van der Waals surface area contributed by atoms with Crippen LogP contribution >= 0.6 is 0 Å². The van der Waals surface area contributed by atoms with Gasteiger partial charge in [0.05, 0.1) is 0 Å². The number of nitriles is 1. The highest BCUT2D eigenvalue weighted by molar-refractivity contribution is 5.26. The number of H-pyrrole nitrogens is 1. The molecule has 10 heavy (non-hydrogen) atoms. The summed E-state index contributed by atoms with van der Waals surface area (Å²) in [5.74, 6) is 0. The van der Waals surface area contributed by atoms with Crippen LogP contribution in [0.2, 0.25) is 0 Å². The van der Waals surface area contributed by atoms with Gasteiger partial charge in [0.15, 0.2) is 0 Å². The van der Waals surface area contributed by atoms with Gasteiger partial charge in [-0.3, -0.25) is 0 Å². The van der Waals surface area contributed by atoms with Gasteiger partial charge in [0.25, 0.3) is 0 Å². The Bertz CT molecular complexity index is 244. The molecule has 0 fully saturated rings. The molecule has 0 bridgehead atoms. The maximum absolute atomic E-state index is 8.41. The standard InChI is InChI=1S/C7H9N3/c8-2-1-6-3-7(4-9)10-5-6/h3,5,10H,1-2,8H2. The molecule has 1 heterocycles. The van der Waals surface area contributed by atoms with Crippen molar-refractivity contribution in [3.63, 3.8) is 0 Å². The fourth-order valence-corrected chi connectivity index (χ4v) is 0.815. The second kappa shape index (κ2) is 3.04. The van der Waals surface area contributed by atoms with E-state index in [0.29, 0.717) is 12.2 Å². The number of hydrogen-bond donors (Lipinski definition) is 2. The van der Waals surface area contributed by atoms with Crippen LogP contribution < -0.4 is 5.73 Å². The van der Waals surface area contributed by atoms with Crippen LogP contribution in [0.3, 0.4) is 0 Å². The first-order chi connectivity index (χ1) is 4.86. The Kier molecular flexibility index (Phi) is 2.08. The van der Waals surface area contributed by atoms with Crippen LogP contribution in [-0.4, -0.2) is 11.5 Å². The summed E-state index contributed by atoms with van der Waals surface area (Å²) in [6.45, 7) is 0.628. The van der Waals surface area contributed by atoms with E-state index in [2.05, 4.69) is 4.98 Å². The second-order valence-electron chi connectivity index (χ2n) is 2.07. The average Bonchev–Trinajstić information content (AvgIpc) is 2.37. The van der Waals surface area contributed by atoms with Crippen LogP contribution in [0.5, 0.6) is 0 Å². The van der Waals surface area contributed by atoms with Crippen molar-refractivity contribution in [3.8, 4) is 6.07 Å². The van der Waals surface area contributed by atoms with Gasteiger partial charge in [-0.1, -0.05) is 0 Å². The molecule has 0 aliphatic heterocycles. The normalized spacial score (nSPS) is 9.20. The monoisotopic (exact) mass is 135 g/mol. The Hall–Kier alpha value is -1.27. The molecule has 1 aromatic rings. The summed E-state index contributed by atoms with van der Waals surface area (Å²) < 4.78 is 0. The van der Waals surface area contributed by atoms with Crippen LogP contribution in [0.4, 0.5) is 0 Å². The average molecular weight is 135 g/mol. The molecule has 3 nitrogen and oxygen atoms in total. The van der Waals surface area contributed by atoms with Crippen molar-refractivity contribution in [3.05, 3.63) is 23.5 Å². The Labute approximate surface area is 59.5 Å². The van der Waals surface area contributed by atoms with E-state index in [4.69, 9.17) is 11.0 Å². The number of nitrogens with zero attached hydrogens (tertiary/aromatic N) is 1. The third kappa shape index (κ3) is 1.36. The Morgan fingerprint density at radius 2 is 2.50 bits per heavy atom. The lowest BCUT2D eigenvalue weighted by Crippen LogP contribution is -2.01. The van der Waals surface area contributed by atoms with Crippen molar-refractivity contribution >= 4 is 0 Å². The summed E-state index contributed by atoms with van der Waals surface area (Å²) in [5.41, 5.74) is 7.01. The Balaban J connectivity index is 2.71. The van der Waals surface area contributed by atoms with Gasteiger partial charge in [-0.15, -0.1) is 0 Å². The summed E-state index contributed by atoms with van der Waals surface area (Å²) >= 11 is 0. The Morgan fingerprint density at radius 1 is 1.70 bits per heavy atom. The molecule has 0 saturated heterocycles. The molecule has 0 saturated carbocycles. The summed E-state index contributed by atoms with van der Waals surface area (Å²) in [4.78, 5) is 2.82. The van der Waals surface area contributed by atoms with Crippen molar-refractivity contribution in [2.24, 2.45) is 5.73 Å². The maximum Gasteiger partial charge on any atom is 0.117 e. The number of aromatic nitrogens is 1. The molecule has 0 atom stereocenters. The molecule has 52 valence electrons. The molecule has 0 aromatic carbocycles. The Morgan fingerprint density at radius 3 is 3.00 bits per heavy atom. The van der Waals surface area contributed by atoms with Crippen LogP contribution in [0.1, 0.15) is 11.3 Å². The lowest BCUT2D eigenvalue weighted by molar-refractivity contribution is 0.971. The minimum absolute atomic E-state index is 0.600. The van der Waals surface area contributed by atoms with Gasteiger partial charge in [0, 0.05) is 6.20 Å². The number of nitrogens with two attached hydrogens (primary N) is 1. The highest BCUT2D eigenvalue weighted by Crippen LogP contribution is 2.01. The predicted octanol–water partition coefficient (Wildman–Crippen LogP) is 0.388. The molecule has 3 heteroatoms. The fourth-order valence-electron chi connectivity index (χ4n) is 0.815. The van der Waals surface area contributed by atoms with Crippen LogP contribution in [0.15, 0.2) is 12.3 Å². The number of rotatable bonds is 2. The summed E-state index contributed by atoms with van der Waals surface area (Å²) in [7, 11) is 0. The van der Waals surface area contributed by atoms with E-state index in [1.807, 2.05) is 18.3 Å². The minimum atomic E-state index is 0.600. The molecular formula is C7H9N3. The summed E-state index contributed by atoms with van der Waals surface area (Å²) in [6.07, 6.45) is 2.64. The van der Waals surface area contributed by atoms with E-state index in [-0.39, 0.29) is 0 Å². The third-order valence-corrected chi connectivity index (χ3v) is 1.30. The first kappa shape index (κ1) is 6.84. The first-order valence-corrected chi connectivity index (χ1v) is 3.14. The predicted molar refractivity (Wildman–Crippen MR) is 38.3 cm³/mol.